The molecule has 0 spiro atoms. The maximum atomic E-state index is 13.1. The Morgan fingerprint density at radius 1 is 1.48 bits per heavy atom. The minimum Gasteiger partial charge on any atom is -0.385 e. The summed E-state index contributed by atoms with van der Waals surface area (Å²) < 4.78 is 6.96. The molecule has 0 fully saturated rings. The van der Waals surface area contributed by atoms with Gasteiger partial charge in [-0.1, -0.05) is 18.2 Å². The summed E-state index contributed by atoms with van der Waals surface area (Å²) in [5.41, 5.74) is 11.0. The van der Waals surface area contributed by atoms with Crippen LogP contribution in [-0.2, 0) is 17.8 Å². The topological polar surface area (TPSA) is 82.2 Å². The van der Waals surface area contributed by atoms with E-state index in [-0.39, 0.29) is 11.8 Å². The molecule has 2 aliphatic rings. The number of aryl methyl sites for hydroxylation is 1. The van der Waals surface area contributed by atoms with Crippen LogP contribution in [0.4, 0.5) is 11.5 Å². The summed E-state index contributed by atoms with van der Waals surface area (Å²) in [6.07, 6.45) is 1.44. The van der Waals surface area contributed by atoms with E-state index in [0.717, 1.165) is 41.0 Å². The molecule has 0 radical (unpaired) electrons. The molecule has 0 aliphatic carbocycles. The minimum absolute atomic E-state index is 0.00759. The molecule has 1 unspecified atom stereocenters. The highest BCUT2D eigenvalue weighted by atomic mass is 16.5. The van der Waals surface area contributed by atoms with E-state index in [0.29, 0.717) is 25.5 Å². The van der Waals surface area contributed by atoms with Gasteiger partial charge in [-0.05, 0) is 24.5 Å². The zero-order chi connectivity index (χ0) is 16.0. The molecule has 0 bridgehead atoms. The van der Waals surface area contributed by atoms with E-state index in [2.05, 4.69) is 23.4 Å². The van der Waals surface area contributed by atoms with E-state index < -0.39 is 0 Å². The number of nitrogen functional groups attached to an aromatic ring is 1. The number of aromatic nitrogens is 2. The quantitative estimate of drug-likeness (QED) is 0.842. The molecule has 6 nitrogen and oxygen atoms in total. The van der Waals surface area contributed by atoms with Gasteiger partial charge in [-0.2, -0.15) is 0 Å². The van der Waals surface area contributed by atoms with Gasteiger partial charge in [0.05, 0.1) is 24.8 Å². The Bertz CT molecular complexity index is 781. The van der Waals surface area contributed by atoms with Crippen molar-refractivity contribution in [1.82, 2.24) is 9.78 Å². The molecule has 23 heavy (non-hydrogen) atoms. The second kappa shape index (κ2) is 5.38. The molecule has 1 aromatic carbocycles. The van der Waals surface area contributed by atoms with Crippen LogP contribution in [0.15, 0.2) is 18.2 Å². The van der Waals surface area contributed by atoms with Gasteiger partial charge >= 0.3 is 0 Å². The fourth-order valence-electron chi connectivity index (χ4n) is 3.57. The number of nitrogens with two attached hydrogens (primary N) is 1. The minimum atomic E-state index is -0.183. The molecule has 0 saturated heterocycles. The summed E-state index contributed by atoms with van der Waals surface area (Å²) in [4.78, 5) is 13.1. The van der Waals surface area contributed by atoms with Crippen LogP contribution in [0, 0.1) is 6.92 Å². The Labute approximate surface area is 134 Å². The third kappa shape index (κ3) is 2.21. The van der Waals surface area contributed by atoms with Gasteiger partial charge in [0, 0.05) is 24.2 Å². The Morgan fingerprint density at radius 2 is 2.35 bits per heavy atom. The van der Waals surface area contributed by atoms with Crippen LogP contribution in [0.5, 0.6) is 0 Å². The summed E-state index contributed by atoms with van der Waals surface area (Å²) in [5.74, 6) is 0.233. The summed E-state index contributed by atoms with van der Waals surface area (Å²) >= 11 is 0. The van der Waals surface area contributed by atoms with E-state index >= 15 is 0 Å². The van der Waals surface area contributed by atoms with Gasteiger partial charge in [0.15, 0.2) is 5.82 Å². The zero-order valence-electron chi connectivity index (χ0n) is 13.1. The second-order valence-corrected chi connectivity index (χ2v) is 6.17. The normalized spacial score (nSPS) is 19.6. The average molecular weight is 312 g/mol. The molecular formula is C17H20N4O2. The van der Waals surface area contributed by atoms with Crippen LogP contribution >= 0.6 is 0 Å². The Kier molecular flexibility index (Phi) is 3.34. The van der Waals surface area contributed by atoms with Crippen molar-refractivity contribution in [3.8, 4) is 0 Å². The Balaban J connectivity index is 1.76. The Morgan fingerprint density at radius 3 is 3.22 bits per heavy atom. The molecule has 1 aromatic heterocycles. The number of carbonyl (C=O) groups excluding carboxylic acids is 1. The molecule has 2 aromatic rings. The van der Waals surface area contributed by atoms with E-state index in [1.54, 1.807) is 0 Å². The van der Waals surface area contributed by atoms with Crippen LogP contribution in [-0.4, -0.2) is 28.8 Å². The fourth-order valence-corrected chi connectivity index (χ4v) is 3.57. The molecule has 0 saturated carbocycles. The van der Waals surface area contributed by atoms with E-state index in [1.165, 1.54) is 4.68 Å². The number of carbonyl (C=O) groups is 1. The number of fused-ring (bicyclic) bond motifs is 2. The fraction of sp³-hybridized carbons (Fsp3) is 0.412. The molecule has 0 amide bonds. The summed E-state index contributed by atoms with van der Waals surface area (Å²) in [6, 6.07) is 6.09. The molecular weight excluding hydrogens is 292 g/mol. The molecule has 120 valence electrons. The monoisotopic (exact) mass is 312 g/mol. The lowest BCUT2D eigenvalue weighted by Crippen LogP contribution is -2.29. The number of hydrogen-bond donors (Lipinski definition) is 2. The average Bonchev–Trinajstić information content (AvgIpc) is 2.92. The molecule has 1 atom stereocenters. The predicted molar refractivity (Wildman–Crippen MR) is 87.7 cm³/mol. The van der Waals surface area contributed by atoms with Gasteiger partial charge in [0.1, 0.15) is 0 Å². The first-order valence-electron chi connectivity index (χ1n) is 7.98. The van der Waals surface area contributed by atoms with Crippen LogP contribution in [0.1, 0.15) is 39.5 Å². The second-order valence-electron chi connectivity index (χ2n) is 6.17. The van der Waals surface area contributed by atoms with Crippen LogP contribution in [0.2, 0.25) is 0 Å². The van der Waals surface area contributed by atoms with Crippen LogP contribution in [0.3, 0.4) is 0 Å². The smallest absolute Gasteiger partial charge is 0.254 e. The molecule has 3 N–H and O–H groups in total. The Hall–Kier alpha value is -2.34. The van der Waals surface area contributed by atoms with Gasteiger partial charge < -0.3 is 15.8 Å². The zero-order valence-corrected chi connectivity index (χ0v) is 13.1. The number of rotatable bonds is 1. The van der Waals surface area contributed by atoms with Crippen LogP contribution < -0.4 is 11.1 Å². The lowest BCUT2D eigenvalue weighted by atomic mass is 9.88. The first-order chi connectivity index (χ1) is 11.2. The van der Waals surface area contributed by atoms with Gasteiger partial charge in [0.25, 0.3) is 5.91 Å². The van der Waals surface area contributed by atoms with Crippen molar-refractivity contribution in [3.05, 3.63) is 40.6 Å². The van der Waals surface area contributed by atoms with E-state index in [9.17, 15) is 4.79 Å². The standard InChI is InChI=1S/C17H20N4O2/c1-10-3-2-4-11-12(5-7-19-15(10)11)17(22)21-14-6-8-23-9-13(14)16(18)20-21/h2-4,12,19H,5-9H2,1H3,(H2,18,20). The lowest BCUT2D eigenvalue weighted by Gasteiger charge is -2.27. The lowest BCUT2D eigenvalue weighted by molar-refractivity contribution is 0.0833. The van der Waals surface area contributed by atoms with Crippen molar-refractivity contribution in [2.45, 2.75) is 32.3 Å². The molecule has 3 heterocycles. The van der Waals surface area contributed by atoms with E-state index in [1.807, 2.05) is 12.1 Å². The predicted octanol–water partition coefficient (Wildman–Crippen LogP) is 2.09. The van der Waals surface area contributed by atoms with Crippen molar-refractivity contribution in [3.63, 3.8) is 0 Å². The molecule has 4 rings (SSSR count). The first-order valence-corrected chi connectivity index (χ1v) is 7.98. The van der Waals surface area contributed by atoms with Crippen molar-refractivity contribution in [2.24, 2.45) is 0 Å². The largest absolute Gasteiger partial charge is 0.385 e. The first kappa shape index (κ1) is 14.3. The SMILES string of the molecule is Cc1cccc2c1NCCC2C(=O)n1nc(N)c2c1CCOC2. The van der Waals surface area contributed by atoms with Crippen molar-refractivity contribution in [1.29, 1.82) is 0 Å². The van der Waals surface area contributed by atoms with Gasteiger partial charge in [0.2, 0.25) is 0 Å². The number of ether oxygens (including phenoxy) is 1. The number of nitrogens with one attached hydrogen (secondary N) is 1. The summed E-state index contributed by atoms with van der Waals surface area (Å²) in [6.45, 7) is 3.89. The van der Waals surface area contributed by atoms with Gasteiger partial charge in [-0.15, -0.1) is 5.10 Å². The van der Waals surface area contributed by atoms with Crippen molar-refractivity contribution < 1.29 is 9.53 Å². The number of para-hydroxylation sites is 1. The maximum absolute atomic E-state index is 13.1. The van der Waals surface area contributed by atoms with Gasteiger partial charge in [-0.3, -0.25) is 4.79 Å². The summed E-state index contributed by atoms with van der Waals surface area (Å²) in [7, 11) is 0. The molecule has 6 heteroatoms. The third-order valence-electron chi connectivity index (χ3n) is 4.77. The van der Waals surface area contributed by atoms with Crippen LogP contribution in [0.25, 0.3) is 0 Å². The van der Waals surface area contributed by atoms with E-state index in [4.69, 9.17) is 10.5 Å². The maximum Gasteiger partial charge on any atom is 0.254 e. The number of anilines is 2. The number of hydrogen-bond acceptors (Lipinski definition) is 5. The third-order valence-corrected chi connectivity index (χ3v) is 4.77. The van der Waals surface area contributed by atoms with Crippen molar-refractivity contribution in [2.75, 3.05) is 24.2 Å². The van der Waals surface area contributed by atoms with Crippen molar-refractivity contribution >= 4 is 17.4 Å². The highest BCUT2D eigenvalue weighted by molar-refractivity contribution is 5.89. The highest BCUT2D eigenvalue weighted by Crippen LogP contribution is 2.35. The number of benzene rings is 1. The van der Waals surface area contributed by atoms with Gasteiger partial charge in [-0.25, -0.2) is 4.68 Å². The summed E-state index contributed by atoms with van der Waals surface area (Å²) in [5, 5.41) is 7.72. The molecule has 2 aliphatic heterocycles. The number of nitrogens with zero attached hydrogens (tertiary/aromatic N) is 2. The highest BCUT2D eigenvalue weighted by Gasteiger charge is 2.32.